The molecular weight excluding hydrogens is 378 g/mol. The molecule has 1 N–H and O–H groups in total. The number of hydrogen-bond acceptors (Lipinski definition) is 7. The Labute approximate surface area is 167 Å². The van der Waals surface area contributed by atoms with Gasteiger partial charge in [-0.25, -0.2) is 0 Å². The minimum absolute atomic E-state index is 0.140. The van der Waals surface area contributed by atoms with Crippen molar-refractivity contribution < 1.29 is 18.7 Å². The lowest BCUT2D eigenvalue weighted by atomic mass is 10.1. The van der Waals surface area contributed by atoms with Crippen LogP contribution >= 0.6 is 11.8 Å². The summed E-state index contributed by atoms with van der Waals surface area (Å²) in [4.78, 5) is 12.2. The van der Waals surface area contributed by atoms with E-state index in [-0.39, 0.29) is 11.7 Å². The highest BCUT2D eigenvalue weighted by molar-refractivity contribution is 7.99. The van der Waals surface area contributed by atoms with Gasteiger partial charge in [-0.3, -0.25) is 4.79 Å². The Morgan fingerprint density at radius 1 is 1.11 bits per heavy atom. The third-order valence-corrected chi connectivity index (χ3v) is 4.85. The minimum Gasteiger partial charge on any atom is -0.497 e. The van der Waals surface area contributed by atoms with E-state index in [9.17, 15) is 4.79 Å². The summed E-state index contributed by atoms with van der Waals surface area (Å²) in [6.45, 7) is 3.97. The second-order valence-corrected chi connectivity index (χ2v) is 7.02. The lowest BCUT2D eigenvalue weighted by Crippen LogP contribution is -2.14. The first-order chi connectivity index (χ1) is 13.5. The summed E-state index contributed by atoms with van der Waals surface area (Å²) >= 11 is 1.18. The number of aromatic nitrogens is 2. The zero-order valence-electron chi connectivity index (χ0n) is 16.1. The van der Waals surface area contributed by atoms with Crippen molar-refractivity contribution in [3.8, 4) is 23.0 Å². The second-order valence-electron chi connectivity index (χ2n) is 6.09. The number of anilines is 1. The van der Waals surface area contributed by atoms with E-state index in [1.165, 1.54) is 11.8 Å². The molecule has 0 radical (unpaired) electrons. The van der Waals surface area contributed by atoms with E-state index in [1.54, 1.807) is 32.4 Å². The number of aryl methyl sites for hydroxylation is 2. The van der Waals surface area contributed by atoms with Crippen LogP contribution in [-0.4, -0.2) is 36.1 Å². The van der Waals surface area contributed by atoms with Crippen molar-refractivity contribution >= 4 is 23.4 Å². The van der Waals surface area contributed by atoms with E-state index in [1.807, 2.05) is 32.0 Å². The number of thioether (sulfide) groups is 1. The van der Waals surface area contributed by atoms with Crippen molar-refractivity contribution in [2.24, 2.45) is 0 Å². The maximum Gasteiger partial charge on any atom is 0.277 e. The van der Waals surface area contributed by atoms with Crippen molar-refractivity contribution in [2.75, 3.05) is 25.3 Å². The molecule has 0 spiro atoms. The van der Waals surface area contributed by atoms with Crippen LogP contribution < -0.4 is 14.8 Å². The lowest BCUT2D eigenvalue weighted by molar-refractivity contribution is -0.113. The summed E-state index contributed by atoms with van der Waals surface area (Å²) in [7, 11) is 3.14. The van der Waals surface area contributed by atoms with Crippen LogP contribution in [-0.2, 0) is 4.79 Å². The Morgan fingerprint density at radius 3 is 2.64 bits per heavy atom. The number of nitrogens with one attached hydrogen (secondary N) is 1. The van der Waals surface area contributed by atoms with Crippen molar-refractivity contribution in [1.82, 2.24) is 10.2 Å². The van der Waals surface area contributed by atoms with Gasteiger partial charge in [-0.1, -0.05) is 29.5 Å². The Hall–Kier alpha value is -3.00. The lowest BCUT2D eigenvalue weighted by Gasteiger charge is -2.08. The molecule has 0 saturated heterocycles. The number of methoxy groups -OCH3 is 2. The van der Waals surface area contributed by atoms with Crippen LogP contribution in [0.25, 0.3) is 11.5 Å². The summed E-state index contributed by atoms with van der Waals surface area (Å²) < 4.78 is 16.2. The second kappa shape index (κ2) is 8.79. The van der Waals surface area contributed by atoms with Gasteiger partial charge in [-0.2, -0.15) is 0 Å². The normalized spacial score (nSPS) is 10.6. The van der Waals surface area contributed by atoms with Gasteiger partial charge in [0.1, 0.15) is 11.5 Å². The number of nitrogens with zero attached hydrogens (tertiary/aromatic N) is 2. The van der Waals surface area contributed by atoms with Crippen LogP contribution in [0.5, 0.6) is 11.5 Å². The molecule has 0 bridgehead atoms. The summed E-state index contributed by atoms with van der Waals surface area (Å²) in [6.07, 6.45) is 0. The van der Waals surface area contributed by atoms with Gasteiger partial charge < -0.3 is 19.2 Å². The van der Waals surface area contributed by atoms with Gasteiger partial charge in [-0.05, 0) is 37.6 Å². The van der Waals surface area contributed by atoms with E-state index in [2.05, 4.69) is 15.5 Å². The van der Waals surface area contributed by atoms with Gasteiger partial charge in [0.25, 0.3) is 11.1 Å². The molecule has 1 heterocycles. The maximum atomic E-state index is 12.2. The summed E-state index contributed by atoms with van der Waals surface area (Å²) in [6, 6.07) is 11.2. The van der Waals surface area contributed by atoms with E-state index < -0.39 is 0 Å². The van der Waals surface area contributed by atoms with Crippen molar-refractivity contribution in [1.29, 1.82) is 0 Å². The molecule has 8 heteroatoms. The maximum absolute atomic E-state index is 12.2. The molecule has 2 aromatic carbocycles. The topological polar surface area (TPSA) is 86.5 Å². The molecule has 1 amide bonds. The van der Waals surface area contributed by atoms with Crippen molar-refractivity contribution in [3.63, 3.8) is 0 Å². The molecular formula is C20H21N3O4S. The molecule has 3 rings (SSSR count). The van der Waals surface area contributed by atoms with Gasteiger partial charge in [0.05, 0.1) is 25.5 Å². The number of rotatable bonds is 7. The first kappa shape index (κ1) is 19.8. The highest BCUT2D eigenvalue weighted by atomic mass is 32.2. The highest BCUT2D eigenvalue weighted by Crippen LogP contribution is 2.33. The average molecular weight is 399 g/mol. The van der Waals surface area contributed by atoms with E-state index in [0.29, 0.717) is 28.2 Å². The van der Waals surface area contributed by atoms with E-state index in [0.717, 1.165) is 16.8 Å². The van der Waals surface area contributed by atoms with Crippen LogP contribution in [0.15, 0.2) is 46.0 Å². The molecule has 7 nitrogen and oxygen atoms in total. The fourth-order valence-electron chi connectivity index (χ4n) is 2.62. The predicted molar refractivity (Wildman–Crippen MR) is 108 cm³/mol. The highest BCUT2D eigenvalue weighted by Gasteiger charge is 2.16. The molecule has 0 aliphatic rings. The third-order valence-electron chi connectivity index (χ3n) is 4.03. The Kier molecular flexibility index (Phi) is 6.20. The Morgan fingerprint density at radius 2 is 1.93 bits per heavy atom. The number of carbonyl (C=O) groups excluding carboxylic acids is 1. The first-order valence-electron chi connectivity index (χ1n) is 8.56. The monoisotopic (exact) mass is 399 g/mol. The molecule has 0 atom stereocenters. The van der Waals surface area contributed by atoms with Crippen LogP contribution in [0, 0.1) is 13.8 Å². The fourth-order valence-corrected chi connectivity index (χ4v) is 3.18. The number of carbonyl (C=O) groups is 1. The number of amides is 1. The molecule has 0 unspecified atom stereocenters. The molecule has 0 fully saturated rings. The number of benzene rings is 2. The molecule has 0 saturated carbocycles. The largest absolute Gasteiger partial charge is 0.497 e. The molecule has 3 aromatic rings. The van der Waals surface area contributed by atoms with Gasteiger partial charge in [-0.15, -0.1) is 10.2 Å². The van der Waals surface area contributed by atoms with Crippen LogP contribution in [0.1, 0.15) is 11.1 Å². The van der Waals surface area contributed by atoms with E-state index in [4.69, 9.17) is 13.9 Å². The quantitative estimate of drug-likeness (QED) is 0.599. The average Bonchev–Trinajstić information content (AvgIpc) is 3.17. The number of hydrogen-bond donors (Lipinski definition) is 1. The summed E-state index contributed by atoms with van der Waals surface area (Å²) in [5.41, 5.74) is 3.62. The Balaban J connectivity index is 1.64. The third kappa shape index (κ3) is 4.64. The van der Waals surface area contributed by atoms with Gasteiger partial charge >= 0.3 is 0 Å². The number of ether oxygens (including phenoxy) is 2. The summed E-state index contributed by atoms with van der Waals surface area (Å²) in [5, 5.41) is 11.2. The molecule has 1 aromatic heterocycles. The minimum atomic E-state index is -0.140. The molecule has 0 aliphatic heterocycles. The van der Waals surface area contributed by atoms with Crippen molar-refractivity contribution in [2.45, 2.75) is 19.1 Å². The molecule has 0 aliphatic carbocycles. The van der Waals surface area contributed by atoms with Crippen LogP contribution in [0.3, 0.4) is 0 Å². The summed E-state index contributed by atoms with van der Waals surface area (Å²) in [5.74, 6) is 1.56. The van der Waals surface area contributed by atoms with Gasteiger partial charge in [0.15, 0.2) is 0 Å². The zero-order valence-corrected chi connectivity index (χ0v) is 16.9. The zero-order chi connectivity index (χ0) is 20.1. The van der Waals surface area contributed by atoms with Crippen molar-refractivity contribution in [3.05, 3.63) is 47.5 Å². The standard InChI is InChI=1S/C20H21N3O4S/c1-12-5-8-16(13(2)9-12)21-18(24)11-28-20-23-22-19(27-20)15-7-6-14(25-3)10-17(15)26-4/h5-10H,11H2,1-4H3,(H,21,24). The first-order valence-corrected chi connectivity index (χ1v) is 9.54. The fraction of sp³-hybridized carbons (Fsp3) is 0.250. The molecule has 28 heavy (non-hydrogen) atoms. The van der Waals surface area contributed by atoms with E-state index >= 15 is 0 Å². The smallest absolute Gasteiger partial charge is 0.277 e. The van der Waals surface area contributed by atoms with Gasteiger partial charge in [0, 0.05) is 11.8 Å². The van der Waals surface area contributed by atoms with Gasteiger partial charge in [0.2, 0.25) is 5.91 Å². The predicted octanol–water partition coefficient (Wildman–Crippen LogP) is 4.10. The Bertz CT molecular complexity index is 987. The SMILES string of the molecule is COc1ccc(-c2nnc(SCC(=O)Nc3ccc(C)cc3C)o2)c(OC)c1. The van der Waals surface area contributed by atoms with Crippen LogP contribution in [0.2, 0.25) is 0 Å². The van der Waals surface area contributed by atoms with Crippen LogP contribution in [0.4, 0.5) is 5.69 Å². The molecule has 146 valence electrons.